The first-order valence-corrected chi connectivity index (χ1v) is 11.6. The summed E-state index contributed by atoms with van der Waals surface area (Å²) in [4.78, 5) is 14.8. The summed E-state index contributed by atoms with van der Waals surface area (Å²) in [6.07, 6.45) is 0.363. The minimum atomic E-state index is -3.42. The standard InChI is InChI=1S/C22H29N3O4S/c1-15(2)30(27,28)24-20-7-5-18(6-8-20)22(26)23-19-9-11-21(12-10-19)25-13-16(3)29-17(4)14-25/h5-12,15-17,24H,13-14H2,1-4H3,(H,23,26)/t16-,17+. The van der Waals surface area contributed by atoms with Gasteiger partial charge in [-0.25, -0.2) is 8.42 Å². The second-order valence-electron chi connectivity index (χ2n) is 7.94. The molecule has 0 aromatic heterocycles. The van der Waals surface area contributed by atoms with Crippen molar-refractivity contribution in [1.82, 2.24) is 0 Å². The maximum atomic E-state index is 12.5. The maximum Gasteiger partial charge on any atom is 0.255 e. The van der Waals surface area contributed by atoms with Crippen molar-refractivity contribution in [3.8, 4) is 0 Å². The number of benzene rings is 2. The van der Waals surface area contributed by atoms with Gasteiger partial charge in [0.05, 0.1) is 17.5 Å². The van der Waals surface area contributed by atoms with E-state index in [4.69, 9.17) is 4.74 Å². The Morgan fingerprint density at radius 3 is 2.03 bits per heavy atom. The molecule has 8 heteroatoms. The van der Waals surface area contributed by atoms with Gasteiger partial charge in [-0.15, -0.1) is 0 Å². The first-order valence-electron chi connectivity index (χ1n) is 10.1. The van der Waals surface area contributed by atoms with E-state index in [0.29, 0.717) is 16.9 Å². The number of amides is 1. The lowest BCUT2D eigenvalue weighted by molar-refractivity contribution is -0.00521. The van der Waals surface area contributed by atoms with Crippen LogP contribution in [0.4, 0.5) is 17.1 Å². The number of morpholine rings is 1. The molecule has 1 fully saturated rings. The second-order valence-corrected chi connectivity index (χ2v) is 10.2. The van der Waals surface area contributed by atoms with E-state index in [-0.39, 0.29) is 18.1 Å². The molecule has 2 aromatic rings. The molecule has 0 radical (unpaired) electrons. The van der Waals surface area contributed by atoms with Crippen LogP contribution in [0.25, 0.3) is 0 Å². The van der Waals surface area contributed by atoms with Gasteiger partial charge in [0.15, 0.2) is 0 Å². The van der Waals surface area contributed by atoms with Crippen LogP contribution >= 0.6 is 0 Å². The number of nitrogens with zero attached hydrogens (tertiary/aromatic N) is 1. The number of sulfonamides is 1. The zero-order valence-electron chi connectivity index (χ0n) is 17.8. The third-order valence-electron chi connectivity index (χ3n) is 4.94. The summed E-state index contributed by atoms with van der Waals surface area (Å²) in [7, 11) is -3.42. The Morgan fingerprint density at radius 2 is 1.50 bits per heavy atom. The van der Waals surface area contributed by atoms with Gasteiger partial charge in [-0.2, -0.15) is 0 Å². The van der Waals surface area contributed by atoms with Crippen molar-refractivity contribution in [2.45, 2.75) is 45.2 Å². The molecule has 2 atom stereocenters. The van der Waals surface area contributed by atoms with E-state index in [9.17, 15) is 13.2 Å². The number of hydrogen-bond acceptors (Lipinski definition) is 5. The van der Waals surface area contributed by atoms with Gasteiger partial charge in [0, 0.05) is 35.7 Å². The third-order valence-corrected chi connectivity index (χ3v) is 6.70. The molecule has 1 aliphatic heterocycles. The molecule has 0 unspecified atom stereocenters. The monoisotopic (exact) mass is 431 g/mol. The summed E-state index contributed by atoms with van der Waals surface area (Å²) in [5.74, 6) is -0.255. The number of carbonyl (C=O) groups is 1. The Kier molecular flexibility index (Phi) is 6.67. The second kappa shape index (κ2) is 9.06. The van der Waals surface area contributed by atoms with Gasteiger partial charge in [0.2, 0.25) is 10.0 Å². The normalized spacial score (nSPS) is 19.6. The highest BCUT2D eigenvalue weighted by molar-refractivity contribution is 7.93. The molecule has 1 heterocycles. The van der Waals surface area contributed by atoms with E-state index in [0.717, 1.165) is 18.8 Å². The third kappa shape index (κ3) is 5.52. The van der Waals surface area contributed by atoms with Gasteiger partial charge in [-0.3, -0.25) is 9.52 Å². The van der Waals surface area contributed by atoms with Crippen molar-refractivity contribution < 1.29 is 17.9 Å². The van der Waals surface area contributed by atoms with Gasteiger partial charge in [0.25, 0.3) is 5.91 Å². The number of nitrogens with one attached hydrogen (secondary N) is 2. The first kappa shape index (κ1) is 22.1. The SMILES string of the molecule is CC(C)S(=O)(=O)Nc1ccc(C(=O)Nc2ccc(N3C[C@@H](C)O[C@@H](C)C3)cc2)cc1. The van der Waals surface area contributed by atoms with Crippen molar-refractivity contribution in [3.05, 3.63) is 54.1 Å². The lowest BCUT2D eigenvalue weighted by Gasteiger charge is -2.36. The fourth-order valence-corrected chi connectivity index (χ4v) is 4.02. The molecule has 0 saturated carbocycles. The van der Waals surface area contributed by atoms with E-state index in [1.165, 1.54) is 0 Å². The Hall–Kier alpha value is -2.58. The van der Waals surface area contributed by atoms with Gasteiger partial charge in [0.1, 0.15) is 0 Å². The molecular weight excluding hydrogens is 402 g/mol. The van der Waals surface area contributed by atoms with Gasteiger partial charge >= 0.3 is 0 Å². The molecule has 30 heavy (non-hydrogen) atoms. The zero-order valence-corrected chi connectivity index (χ0v) is 18.6. The molecule has 3 rings (SSSR count). The average Bonchev–Trinajstić information content (AvgIpc) is 2.68. The fourth-order valence-electron chi connectivity index (χ4n) is 3.32. The van der Waals surface area contributed by atoms with E-state index in [1.54, 1.807) is 38.1 Å². The highest BCUT2D eigenvalue weighted by atomic mass is 32.2. The van der Waals surface area contributed by atoms with Crippen LogP contribution in [0.5, 0.6) is 0 Å². The predicted molar refractivity (Wildman–Crippen MR) is 121 cm³/mol. The smallest absolute Gasteiger partial charge is 0.255 e. The predicted octanol–water partition coefficient (Wildman–Crippen LogP) is 3.70. The summed E-state index contributed by atoms with van der Waals surface area (Å²) in [5, 5.41) is 2.34. The zero-order chi connectivity index (χ0) is 21.9. The number of hydrogen-bond donors (Lipinski definition) is 2. The molecule has 1 aliphatic rings. The lowest BCUT2D eigenvalue weighted by Crippen LogP contribution is -2.45. The summed E-state index contributed by atoms with van der Waals surface area (Å²) in [6.45, 7) is 9.02. The van der Waals surface area contributed by atoms with Crippen molar-refractivity contribution in [1.29, 1.82) is 0 Å². The summed E-state index contributed by atoms with van der Waals surface area (Å²) in [6, 6.07) is 14.1. The Bertz CT molecular complexity index is 962. The molecule has 2 aromatic carbocycles. The van der Waals surface area contributed by atoms with Gasteiger partial charge in [-0.05, 0) is 76.2 Å². The number of anilines is 3. The maximum absolute atomic E-state index is 12.5. The van der Waals surface area contributed by atoms with E-state index < -0.39 is 15.3 Å². The molecule has 0 aliphatic carbocycles. The number of carbonyl (C=O) groups excluding carboxylic acids is 1. The molecule has 0 spiro atoms. The van der Waals surface area contributed by atoms with Crippen LogP contribution in [-0.2, 0) is 14.8 Å². The molecule has 0 bridgehead atoms. The minimum absolute atomic E-state index is 0.182. The van der Waals surface area contributed by atoms with Crippen LogP contribution in [0.3, 0.4) is 0 Å². The molecule has 162 valence electrons. The highest BCUT2D eigenvalue weighted by Crippen LogP contribution is 2.23. The Labute approximate surface area is 178 Å². The highest BCUT2D eigenvalue weighted by Gasteiger charge is 2.22. The van der Waals surface area contributed by atoms with Crippen LogP contribution in [0.15, 0.2) is 48.5 Å². The largest absolute Gasteiger partial charge is 0.372 e. The topological polar surface area (TPSA) is 87.7 Å². The van der Waals surface area contributed by atoms with Crippen molar-refractivity contribution >= 4 is 33.0 Å². The summed E-state index contributed by atoms with van der Waals surface area (Å²) < 4.78 is 32.2. The fraction of sp³-hybridized carbons (Fsp3) is 0.409. The van der Waals surface area contributed by atoms with Gasteiger partial charge < -0.3 is 15.0 Å². The number of ether oxygens (including phenoxy) is 1. The molecular formula is C22H29N3O4S. The first-order chi connectivity index (χ1) is 14.1. The summed E-state index contributed by atoms with van der Waals surface area (Å²) >= 11 is 0. The Morgan fingerprint density at radius 1 is 0.967 bits per heavy atom. The van der Waals surface area contributed by atoms with E-state index in [1.807, 2.05) is 24.3 Å². The van der Waals surface area contributed by atoms with Crippen molar-refractivity contribution in [2.24, 2.45) is 0 Å². The number of rotatable bonds is 6. The molecule has 1 amide bonds. The van der Waals surface area contributed by atoms with Crippen LogP contribution in [-0.4, -0.2) is 44.9 Å². The molecule has 1 saturated heterocycles. The van der Waals surface area contributed by atoms with Crippen LogP contribution < -0.4 is 14.9 Å². The summed E-state index contributed by atoms with van der Waals surface area (Å²) in [5.41, 5.74) is 2.67. The van der Waals surface area contributed by atoms with Crippen LogP contribution in [0.1, 0.15) is 38.1 Å². The quantitative estimate of drug-likeness (QED) is 0.728. The van der Waals surface area contributed by atoms with Crippen molar-refractivity contribution in [2.75, 3.05) is 28.0 Å². The molecule has 2 N–H and O–H groups in total. The van der Waals surface area contributed by atoms with Crippen molar-refractivity contribution in [3.63, 3.8) is 0 Å². The van der Waals surface area contributed by atoms with Gasteiger partial charge in [-0.1, -0.05) is 0 Å². The average molecular weight is 432 g/mol. The Balaban J connectivity index is 1.62. The van der Waals surface area contributed by atoms with Crippen LogP contribution in [0.2, 0.25) is 0 Å². The lowest BCUT2D eigenvalue weighted by atomic mass is 10.1. The van der Waals surface area contributed by atoms with E-state index >= 15 is 0 Å². The van der Waals surface area contributed by atoms with E-state index in [2.05, 4.69) is 28.8 Å². The molecule has 7 nitrogen and oxygen atoms in total. The van der Waals surface area contributed by atoms with Crippen LogP contribution in [0, 0.1) is 0 Å². The minimum Gasteiger partial charge on any atom is -0.372 e.